The highest BCUT2D eigenvalue weighted by molar-refractivity contribution is 7.99. The molecular formula is C21H28N4O2S2. The van der Waals surface area contributed by atoms with Gasteiger partial charge in [-0.1, -0.05) is 18.2 Å². The van der Waals surface area contributed by atoms with Gasteiger partial charge in [0.05, 0.1) is 12.5 Å². The maximum Gasteiger partial charge on any atom is 0.319 e. The monoisotopic (exact) mass is 432 g/mol. The van der Waals surface area contributed by atoms with E-state index in [1.165, 1.54) is 4.88 Å². The van der Waals surface area contributed by atoms with Gasteiger partial charge in [-0.15, -0.1) is 11.3 Å². The number of nitrogens with zero attached hydrogens (tertiary/aromatic N) is 2. The van der Waals surface area contributed by atoms with Gasteiger partial charge in [-0.25, -0.2) is 4.79 Å². The molecule has 0 aliphatic carbocycles. The number of carbonyl (C=O) groups is 2. The molecule has 8 heteroatoms. The Bertz CT molecular complexity index is 788. The fourth-order valence-electron chi connectivity index (χ4n) is 3.19. The van der Waals surface area contributed by atoms with Gasteiger partial charge in [0.15, 0.2) is 0 Å². The van der Waals surface area contributed by atoms with Crippen LogP contribution in [-0.4, -0.2) is 67.0 Å². The molecule has 29 heavy (non-hydrogen) atoms. The number of benzene rings is 1. The third-order valence-electron chi connectivity index (χ3n) is 4.88. The van der Waals surface area contributed by atoms with Crippen LogP contribution < -0.4 is 10.6 Å². The first-order valence-corrected chi connectivity index (χ1v) is 11.8. The molecule has 1 aliphatic rings. The summed E-state index contributed by atoms with van der Waals surface area (Å²) in [6.07, 6.45) is 0.405. The average Bonchev–Trinajstić information content (AvgIpc) is 3.24. The summed E-state index contributed by atoms with van der Waals surface area (Å²) in [5.41, 5.74) is 1.68. The second-order valence-corrected chi connectivity index (χ2v) is 9.40. The Kier molecular flexibility index (Phi) is 7.97. The van der Waals surface area contributed by atoms with Crippen molar-refractivity contribution < 1.29 is 9.59 Å². The standard InChI is InChI=1S/C21H28N4O2S2/c1-24(2)18(19-4-3-11-29-19)15-22-21(27)23-17-7-5-16(6-8-17)14-20(26)25-9-12-28-13-10-25/h3-8,11,18H,9-10,12-15H2,1-2H3,(H2,22,23,27). The van der Waals surface area contributed by atoms with Gasteiger partial charge in [-0.3, -0.25) is 4.79 Å². The summed E-state index contributed by atoms with van der Waals surface area (Å²) in [6, 6.07) is 11.5. The van der Waals surface area contributed by atoms with Crippen LogP contribution in [0, 0.1) is 0 Å². The van der Waals surface area contributed by atoms with Crippen LogP contribution in [-0.2, 0) is 11.2 Å². The fourth-order valence-corrected chi connectivity index (χ4v) is 5.01. The third kappa shape index (κ3) is 6.48. The van der Waals surface area contributed by atoms with Crippen molar-refractivity contribution in [3.05, 3.63) is 52.2 Å². The zero-order chi connectivity index (χ0) is 20.6. The Morgan fingerprint density at radius 3 is 2.48 bits per heavy atom. The van der Waals surface area contributed by atoms with E-state index in [0.29, 0.717) is 18.7 Å². The molecule has 3 amide bonds. The molecule has 0 saturated carbocycles. The molecular weight excluding hydrogens is 404 g/mol. The number of hydrogen-bond donors (Lipinski definition) is 2. The maximum atomic E-state index is 12.4. The molecule has 6 nitrogen and oxygen atoms in total. The van der Waals surface area contributed by atoms with Crippen molar-refractivity contribution in [3.63, 3.8) is 0 Å². The van der Waals surface area contributed by atoms with Crippen LogP contribution in [0.5, 0.6) is 0 Å². The molecule has 3 rings (SSSR count). The maximum absolute atomic E-state index is 12.4. The average molecular weight is 433 g/mol. The molecule has 2 aromatic rings. The lowest BCUT2D eigenvalue weighted by Gasteiger charge is -2.26. The summed E-state index contributed by atoms with van der Waals surface area (Å²) in [6.45, 7) is 2.20. The number of thiophene rings is 1. The quantitative estimate of drug-likeness (QED) is 0.705. The summed E-state index contributed by atoms with van der Waals surface area (Å²) in [5.74, 6) is 2.21. The second kappa shape index (κ2) is 10.7. The Labute approximate surface area is 180 Å². The highest BCUT2D eigenvalue weighted by Gasteiger charge is 2.18. The normalized spacial score (nSPS) is 15.2. The minimum Gasteiger partial charge on any atom is -0.341 e. The first kappa shape index (κ1) is 21.7. The molecule has 0 bridgehead atoms. The largest absolute Gasteiger partial charge is 0.341 e. The van der Waals surface area contributed by atoms with Crippen molar-refractivity contribution in [2.24, 2.45) is 0 Å². The van der Waals surface area contributed by atoms with E-state index >= 15 is 0 Å². The number of anilines is 1. The summed E-state index contributed by atoms with van der Waals surface area (Å²) in [4.78, 5) is 29.9. The van der Waals surface area contributed by atoms with Crippen LogP contribution in [0.4, 0.5) is 10.5 Å². The molecule has 156 valence electrons. The first-order valence-electron chi connectivity index (χ1n) is 9.72. The van der Waals surface area contributed by atoms with E-state index in [-0.39, 0.29) is 18.0 Å². The number of likely N-dealkylation sites (N-methyl/N-ethyl adjacent to an activating group) is 1. The zero-order valence-electron chi connectivity index (χ0n) is 16.9. The van der Waals surface area contributed by atoms with Gasteiger partial charge in [-0.2, -0.15) is 11.8 Å². The number of nitrogens with one attached hydrogen (secondary N) is 2. The molecule has 0 radical (unpaired) electrons. The lowest BCUT2D eigenvalue weighted by atomic mass is 10.1. The van der Waals surface area contributed by atoms with Crippen molar-refractivity contribution in [1.29, 1.82) is 0 Å². The number of rotatable bonds is 7. The topological polar surface area (TPSA) is 64.7 Å². The molecule has 1 aromatic carbocycles. The molecule has 1 unspecified atom stereocenters. The van der Waals surface area contributed by atoms with E-state index < -0.39 is 0 Å². The van der Waals surface area contributed by atoms with E-state index in [4.69, 9.17) is 0 Å². The molecule has 1 fully saturated rings. The molecule has 1 atom stereocenters. The van der Waals surface area contributed by atoms with E-state index in [1.54, 1.807) is 11.3 Å². The Hall–Kier alpha value is -2.03. The summed E-state index contributed by atoms with van der Waals surface area (Å²) in [5, 5.41) is 7.85. The minimum absolute atomic E-state index is 0.141. The van der Waals surface area contributed by atoms with Crippen LogP contribution in [0.3, 0.4) is 0 Å². The highest BCUT2D eigenvalue weighted by atomic mass is 32.2. The van der Waals surface area contributed by atoms with Crippen molar-refractivity contribution in [1.82, 2.24) is 15.1 Å². The predicted octanol–water partition coefficient (Wildman–Crippen LogP) is 3.29. The van der Waals surface area contributed by atoms with Crippen LogP contribution in [0.15, 0.2) is 41.8 Å². The van der Waals surface area contributed by atoms with E-state index in [9.17, 15) is 9.59 Å². The van der Waals surface area contributed by atoms with Gasteiger partial charge < -0.3 is 20.4 Å². The fraction of sp³-hybridized carbons (Fsp3) is 0.429. The Morgan fingerprint density at radius 2 is 1.86 bits per heavy atom. The van der Waals surface area contributed by atoms with Gasteiger partial charge in [0.25, 0.3) is 0 Å². The molecule has 2 N–H and O–H groups in total. The highest BCUT2D eigenvalue weighted by Crippen LogP contribution is 2.22. The van der Waals surface area contributed by atoms with Crippen LogP contribution >= 0.6 is 23.1 Å². The van der Waals surface area contributed by atoms with E-state index in [2.05, 4.69) is 21.6 Å². The number of carbonyl (C=O) groups excluding carboxylic acids is 2. The Morgan fingerprint density at radius 1 is 1.14 bits per heavy atom. The van der Waals surface area contributed by atoms with Crippen LogP contribution in [0.25, 0.3) is 0 Å². The molecule has 0 spiro atoms. The van der Waals surface area contributed by atoms with Gasteiger partial charge in [0, 0.05) is 41.7 Å². The minimum atomic E-state index is -0.233. The van der Waals surface area contributed by atoms with E-state index in [0.717, 1.165) is 30.2 Å². The van der Waals surface area contributed by atoms with Crippen molar-refractivity contribution in [3.8, 4) is 0 Å². The first-order chi connectivity index (χ1) is 14.0. The molecule has 2 heterocycles. The second-order valence-electron chi connectivity index (χ2n) is 7.20. The number of amides is 3. The van der Waals surface area contributed by atoms with Crippen molar-refractivity contribution in [2.75, 3.05) is 50.6 Å². The number of thioether (sulfide) groups is 1. The van der Waals surface area contributed by atoms with Crippen LogP contribution in [0.2, 0.25) is 0 Å². The predicted molar refractivity (Wildman–Crippen MR) is 122 cm³/mol. The van der Waals surface area contributed by atoms with Gasteiger partial charge in [-0.05, 0) is 43.2 Å². The van der Waals surface area contributed by atoms with Crippen molar-refractivity contribution >= 4 is 40.7 Å². The number of hydrogen-bond acceptors (Lipinski definition) is 5. The molecule has 1 saturated heterocycles. The summed E-state index contributed by atoms with van der Waals surface area (Å²) >= 11 is 3.58. The van der Waals surface area contributed by atoms with Crippen LogP contribution in [0.1, 0.15) is 16.5 Å². The van der Waals surface area contributed by atoms with Crippen molar-refractivity contribution in [2.45, 2.75) is 12.5 Å². The lowest BCUT2D eigenvalue weighted by Crippen LogP contribution is -2.38. The van der Waals surface area contributed by atoms with Gasteiger partial charge in [0.2, 0.25) is 5.91 Å². The SMILES string of the molecule is CN(C)C(CNC(=O)Nc1ccc(CC(=O)N2CCSCC2)cc1)c1cccs1. The number of urea groups is 1. The lowest BCUT2D eigenvalue weighted by molar-refractivity contribution is -0.130. The summed E-state index contributed by atoms with van der Waals surface area (Å²) in [7, 11) is 4.01. The molecule has 1 aromatic heterocycles. The summed E-state index contributed by atoms with van der Waals surface area (Å²) < 4.78 is 0. The Balaban J connectivity index is 1.47. The van der Waals surface area contributed by atoms with Gasteiger partial charge in [0.1, 0.15) is 0 Å². The smallest absolute Gasteiger partial charge is 0.319 e. The van der Waals surface area contributed by atoms with E-state index in [1.807, 2.05) is 66.5 Å². The molecule has 1 aliphatic heterocycles. The zero-order valence-corrected chi connectivity index (χ0v) is 18.5. The van der Waals surface area contributed by atoms with Gasteiger partial charge >= 0.3 is 6.03 Å². The third-order valence-corrected chi connectivity index (χ3v) is 6.80.